The minimum absolute atomic E-state index is 0.254. The number of aryl methyl sites for hydroxylation is 1. The zero-order chi connectivity index (χ0) is 11.5. The van der Waals surface area contributed by atoms with Gasteiger partial charge in [-0.2, -0.15) is 0 Å². The van der Waals surface area contributed by atoms with Crippen molar-refractivity contribution in [2.24, 2.45) is 5.73 Å². The molecule has 5 heteroatoms. The van der Waals surface area contributed by atoms with Crippen LogP contribution >= 0.6 is 0 Å². The molecule has 0 aliphatic rings. The van der Waals surface area contributed by atoms with Gasteiger partial charge in [-0.1, -0.05) is 17.3 Å². The normalized spacial score (nSPS) is 10.7. The van der Waals surface area contributed by atoms with Crippen LogP contribution in [0, 0.1) is 5.82 Å². The number of aromatic nitrogens is 3. The molecule has 0 aliphatic heterocycles. The van der Waals surface area contributed by atoms with Crippen LogP contribution in [-0.4, -0.2) is 15.0 Å². The standard InChI is InChI=1S/C11H13FN4/c1-2-16-11(10(7-13)14-15-16)8-5-3-4-6-9(8)12/h3-6H,2,7,13H2,1H3. The lowest BCUT2D eigenvalue weighted by molar-refractivity contribution is 0.613. The number of halogens is 1. The van der Waals surface area contributed by atoms with Crippen molar-refractivity contribution in [2.75, 3.05) is 0 Å². The summed E-state index contributed by atoms with van der Waals surface area (Å²) in [6.07, 6.45) is 0. The Morgan fingerprint density at radius 1 is 1.38 bits per heavy atom. The molecule has 0 aliphatic carbocycles. The third-order valence-electron chi connectivity index (χ3n) is 2.43. The van der Waals surface area contributed by atoms with Gasteiger partial charge < -0.3 is 5.73 Å². The van der Waals surface area contributed by atoms with Gasteiger partial charge in [0.25, 0.3) is 0 Å². The molecule has 1 aromatic carbocycles. The third-order valence-corrected chi connectivity index (χ3v) is 2.43. The second kappa shape index (κ2) is 4.40. The Morgan fingerprint density at radius 2 is 2.12 bits per heavy atom. The second-order valence-corrected chi connectivity index (χ2v) is 3.38. The molecule has 2 rings (SSSR count). The Morgan fingerprint density at radius 3 is 2.75 bits per heavy atom. The number of benzene rings is 1. The topological polar surface area (TPSA) is 56.7 Å². The van der Waals surface area contributed by atoms with E-state index < -0.39 is 0 Å². The predicted octanol–water partition coefficient (Wildman–Crippen LogP) is 1.56. The summed E-state index contributed by atoms with van der Waals surface area (Å²) in [6.45, 7) is 2.82. The molecule has 0 spiro atoms. The van der Waals surface area contributed by atoms with Crippen molar-refractivity contribution in [1.29, 1.82) is 0 Å². The van der Waals surface area contributed by atoms with Crippen molar-refractivity contribution < 1.29 is 4.39 Å². The first-order valence-corrected chi connectivity index (χ1v) is 5.15. The van der Waals surface area contributed by atoms with E-state index in [9.17, 15) is 4.39 Å². The van der Waals surface area contributed by atoms with Crippen molar-refractivity contribution >= 4 is 0 Å². The molecule has 0 radical (unpaired) electrons. The lowest BCUT2D eigenvalue weighted by Crippen LogP contribution is -2.03. The predicted molar refractivity (Wildman–Crippen MR) is 59.0 cm³/mol. The Balaban J connectivity index is 2.62. The van der Waals surface area contributed by atoms with E-state index in [2.05, 4.69) is 10.3 Å². The van der Waals surface area contributed by atoms with Crippen LogP contribution in [0.4, 0.5) is 4.39 Å². The maximum absolute atomic E-state index is 13.7. The van der Waals surface area contributed by atoms with Crippen molar-refractivity contribution in [3.63, 3.8) is 0 Å². The van der Waals surface area contributed by atoms with Gasteiger partial charge in [-0.25, -0.2) is 9.07 Å². The van der Waals surface area contributed by atoms with Gasteiger partial charge in [-0.3, -0.25) is 0 Å². The summed E-state index contributed by atoms with van der Waals surface area (Å²) in [7, 11) is 0. The Hall–Kier alpha value is -1.75. The van der Waals surface area contributed by atoms with Crippen LogP contribution in [0.2, 0.25) is 0 Å². The summed E-state index contributed by atoms with van der Waals surface area (Å²) in [6, 6.07) is 6.56. The summed E-state index contributed by atoms with van der Waals surface area (Å²) < 4.78 is 15.3. The molecule has 0 bridgehead atoms. The molecule has 1 aromatic heterocycles. The van der Waals surface area contributed by atoms with Gasteiger partial charge in [0.2, 0.25) is 0 Å². The van der Waals surface area contributed by atoms with E-state index >= 15 is 0 Å². The summed E-state index contributed by atoms with van der Waals surface area (Å²) >= 11 is 0. The molecule has 0 fully saturated rings. The van der Waals surface area contributed by atoms with E-state index in [1.807, 2.05) is 6.92 Å². The fourth-order valence-electron chi connectivity index (χ4n) is 1.66. The number of hydrogen-bond acceptors (Lipinski definition) is 3. The summed E-state index contributed by atoms with van der Waals surface area (Å²) in [5.41, 5.74) is 7.35. The summed E-state index contributed by atoms with van der Waals surface area (Å²) in [5, 5.41) is 7.89. The maximum atomic E-state index is 13.7. The van der Waals surface area contributed by atoms with Crippen molar-refractivity contribution in [3.8, 4) is 11.3 Å². The summed E-state index contributed by atoms with van der Waals surface area (Å²) in [5.74, 6) is -0.283. The molecule has 0 saturated carbocycles. The molecule has 0 unspecified atom stereocenters. The van der Waals surface area contributed by atoms with Gasteiger partial charge in [0, 0.05) is 18.7 Å². The van der Waals surface area contributed by atoms with E-state index in [0.717, 1.165) is 0 Å². The highest BCUT2D eigenvalue weighted by Gasteiger charge is 2.15. The van der Waals surface area contributed by atoms with Crippen LogP contribution in [0.5, 0.6) is 0 Å². The Bertz CT molecular complexity index is 471. The number of nitrogens with zero attached hydrogens (tertiary/aromatic N) is 3. The van der Waals surface area contributed by atoms with Crippen LogP contribution in [0.3, 0.4) is 0 Å². The zero-order valence-electron chi connectivity index (χ0n) is 9.02. The molecule has 1 heterocycles. The SMILES string of the molecule is CCn1nnc(CN)c1-c1ccccc1F. The molecular weight excluding hydrogens is 207 g/mol. The van der Waals surface area contributed by atoms with Crippen LogP contribution < -0.4 is 5.73 Å². The fourth-order valence-corrected chi connectivity index (χ4v) is 1.66. The van der Waals surface area contributed by atoms with E-state index in [4.69, 9.17) is 5.73 Å². The van der Waals surface area contributed by atoms with E-state index in [1.54, 1.807) is 22.9 Å². The number of hydrogen-bond donors (Lipinski definition) is 1. The molecular formula is C11H13FN4. The molecule has 2 aromatic rings. The zero-order valence-corrected chi connectivity index (χ0v) is 9.02. The van der Waals surface area contributed by atoms with Gasteiger partial charge in [0.15, 0.2) is 0 Å². The van der Waals surface area contributed by atoms with E-state index in [-0.39, 0.29) is 12.4 Å². The van der Waals surface area contributed by atoms with E-state index in [0.29, 0.717) is 23.5 Å². The van der Waals surface area contributed by atoms with Crippen LogP contribution in [0.1, 0.15) is 12.6 Å². The fraction of sp³-hybridized carbons (Fsp3) is 0.273. The van der Waals surface area contributed by atoms with Gasteiger partial charge in [0.05, 0.1) is 5.69 Å². The average molecular weight is 220 g/mol. The quantitative estimate of drug-likeness (QED) is 0.854. The molecule has 0 amide bonds. The first-order chi connectivity index (χ1) is 7.77. The second-order valence-electron chi connectivity index (χ2n) is 3.38. The number of rotatable bonds is 3. The lowest BCUT2D eigenvalue weighted by Gasteiger charge is -2.06. The maximum Gasteiger partial charge on any atom is 0.132 e. The molecule has 0 saturated heterocycles. The molecule has 84 valence electrons. The summed E-state index contributed by atoms with van der Waals surface area (Å²) in [4.78, 5) is 0. The molecule has 16 heavy (non-hydrogen) atoms. The minimum Gasteiger partial charge on any atom is -0.325 e. The highest BCUT2D eigenvalue weighted by atomic mass is 19.1. The first-order valence-electron chi connectivity index (χ1n) is 5.15. The Labute approximate surface area is 92.9 Å². The first kappa shape index (κ1) is 10.8. The molecule has 2 N–H and O–H groups in total. The van der Waals surface area contributed by atoms with Crippen molar-refractivity contribution in [3.05, 3.63) is 35.8 Å². The minimum atomic E-state index is -0.283. The molecule has 0 atom stereocenters. The van der Waals surface area contributed by atoms with Crippen LogP contribution in [-0.2, 0) is 13.1 Å². The molecule has 4 nitrogen and oxygen atoms in total. The van der Waals surface area contributed by atoms with Gasteiger partial charge >= 0.3 is 0 Å². The van der Waals surface area contributed by atoms with E-state index in [1.165, 1.54) is 6.07 Å². The van der Waals surface area contributed by atoms with Crippen LogP contribution in [0.25, 0.3) is 11.3 Å². The monoisotopic (exact) mass is 220 g/mol. The van der Waals surface area contributed by atoms with Gasteiger partial charge in [0.1, 0.15) is 11.5 Å². The van der Waals surface area contributed by atoms with Crippen molar-refractivity contribution in [1.82, 2.24) is 15.0 Å². The Kier molecular flexibility index (Phi) is 2.96. The van der Waals surface area contributed by atoms with Gasteiger partial charge in [-0.15, -0.1) is 5.10 Å². The van der Waals surface area contributed by atoms with Gasteiger partial charge in [-0.05, 0) is 19.1 Å². The highest BCUT2D eigenvalue weighted by Crippen LogP contribution is 2.24. The average Bonchev–Trinajstić information content (AvgIpc) is 2.72. The largest absolute Gasteiger partial charge is 0.325 e. The third kappa shape index (κ3) is 1.69. The highest BCUT2D eigenvalue weighted by molar-refractivity contribution is 5.62. The van der Waals surface area contributed by atoms with Crippen LogP contribution in [0.15, 0.2) is 24.3 Å². The van der Waals surface area contributed by atoms with Crippen molar-refractivity contribution in [2.45, 2.75) is 20.0 Å². The number of nitrogens with two attached hydrogens (primary N) is 1. The smallest absolute Gasteiger partial charge is 0.132 e. The lowest BCUT2D eigenvalue weighted by atomic mass is 10.1.